The molecule has 0 aliphatic carbocycles. The third-order valence-corrected chi connectivity index (χ3v) is 3.65. The monoisotopic (exact) mass is 287 g/mol. The van der Waals surface area contributed by atoms with Crippen molar-refractivity contribution in [3.05, 3.63) is 27.7 Å². The normalized spacial score (nSPS) is 17.6. The molecule has 1 saturated heterocycles. The fraction of sp³-hybridized carbons (Fsp3) is 0.500. The summed E-state index contributed by atoms with van der Waals surface area (Å²) in [6.45, 7) is 2.28. The van der Waals surface area contributed by atoms with Gasteiger partial charge in [0.25, 0.3) is 0 Å². The summed E-state index contributed by atoms with van der Waals surface area (Å²) in [5, 5.41) is 0.853. The summed E-state index contributed by atoms with van der Waals surface area (Å²) in [5.41, 5.74) is 1.18. The number of halogens is 2. The standard InChI is InChI=1S/C12H15BrClN/c13-10-5-6-12(11(14)9-10)15-7-3-1-2-4-8-15/h5-6,9H,1-4,7-8H2. The van der Waals surface area contributed by atoms with Gasteiger partial charge in [-0.05, 0) is 31.0 Å². The SMILES string of the molecule is Clc1cc(Br)ccc1N1CCCCCC1. The molecule has 1 heterocycles. The Hall–Kier alpha value is -0.210. The molecule has 3 heteroatoms. The van der Waals surface area contributed by atoms with Crippen molar-refractivity contribution in [3.8, 4) is 0 Å². The van der Waals surface area contributed by atoms with Crippen molar-refractivity contribution < 1.29 is 0 Å². The van der Waals surface area contributed by atoms with Crippen LogP contribution < -0.4 is 4.90 Å². The van der Waals surface area contributed by atoms with Crippen molar-refractivity contribution in [2.24, 2.45) is 0 Å². The van der Waals surface area contributed by atoms with Gasteiger partial charge in [-0.2, -0.15) is 0 Å². The van der Waals surface area contributed by atoms with Crippen LogP contribution in [-0.4, -0.2) is 13.1 Å². The summed E-state index contributed by atoms with van der Waals surface area (Å²) in [6.07, 6.45) is 5.27. The highest BCUT2D eigenvalue weighted by molar-refractivity contribution is 9.10. The molecule has 0 aromatic heterocycles. The van der Waals surface area contributed by atoms with E-state index in [-0.39, 0.29) is 0 Å². The second-order valence-electron chi connectivity index (χ2n) is 4.00. The third kappa shape index (κ3) is 2.88. The molecule has 0 spiro atoms. The Morgan fingerprint density at radius 3 is 2.33 bits per heavy atom. The fourth-order valence-corrected chi connectivity index (χ4v) is 2.84. The van der Waals surface area contributed by atoms with E-state index in [4.69, 9.17) is 11.6 Å². The lowest BCUT2D eigenvalue weighted by molar-refractivity contribution is 0.726. The Kier molecular flexibility index (Phi) is 3.92. The molecule has 1 aliphatic rings. The fourth-order valence-electron chi connectivity index (χ4n) is 2.05. The average Bonchev–Trinajstić information content (AvgIpc) is 2.46. The highest BCUT2D eigenvalue weighted by Crippen LogP contribution is 2.30. The van der Waals surface area contributed by atoms with Crippen LogP contribution in [0.2, 0.25) is 5.02 Å². The summed E-state index contributed by atoms with van der Waals surface area (Å²) < 4.78 is 1.05. The molecule has 1 nitrogen and oxygen atoms in total. The number of benzene rings is 1. The maximum atomic E-state index is 6.24. The lowest BCUT2D eigenvalue weighted by atomic mass is 10.2. The zero-order chi connectivity index (χ0) is 10.7. The predicted molar refractivity (Wildman–Crippen MR) is 69.8 cm³/mol. The first-order chi connectivity index (χ1) is 7.27. The molecule has 0 unspecified atom stereocenters. The van der Waals surface area contributed by atoms with E-state index in [9.17, 15) is 0 Å². The zero-order valence-electron chi connectivity index (χ0n) is 8.68. The molecule has 2 rings (SSSR count). The van der Waals surface area contributed by atoms with Crippen LogP contribution in [0.25, 0.3) is 0 Å². The Balaban J connectivity index is 2.19. The van der Waals surface area contributed by atoms with E-state index in [0.717, 1.165) is 22.6 Å². The molecule has 0 atom stereocenters. The lowest BCUT2D eigenvalue weighted by Gasteiger charge is -2.23. The summed E-state index contributed by atoms with van der Waals surface area (Å²) in [6, 6.07) is 6.14. The minimum absolute atomic E-state index is 0.853. The van der Waals surface area contributed by atoms with E-state index in [1.54, 1.807) is 0 Å². The average molecular weight is 289 g/mol. The van der Waals surface area contributed by atoms with Crippen molar-refractivity contribution in [2.75, 3.05) is 18.0 Å². The van der Waals surface area contributed by atoms with E-state index in [2.05, 4.69) is 33.0 Å². The third-order valence-electron chi connectivity index (χ3n) is 2.86. The van der Waals surface area contributed by atoms with Crippen LogP contribution in [0.5, 0.6) is 0 Å². The smallest absolute Gasteiger partial charge is 0.0650 e. The Morgan fingerprint density at radius 2 is 1.73 bits per heavy atom. The van der Waals surface area contributed by atoms with Crippen LogP contribution in [0.3, 0.4) is 0 Å². The van der Waals surface area contributed by atoms with Crippen molar-refractivity contribution >= 4 is 33.2 Å². The maximum absolute atomic E-state index is 6.24. The topological polar surface area (TPSA) is 3.24 Å². The van der Waals surface area contributed by atoms with Crippen LogP contribution in [0, 0.1) is 0 Å². The summed E-state index contributed by atoms with van der Waals surface area (Å²) in [7, 11) is 0. The summed E-state index contributed by atoms with van der Waals surface area (Å²) >= 11 is 9.68. The first-order valence-corrected chi connectivity index (χ1v) is 6.64. The lowest BCUT2D eigenvalue weighted by Crippen LogP contribution is -2.24. The van der Waals surface area contributed by atoms with Crippen molar-refractivity contribution in [3.63, 3.8) is 0 Å². The van der Waals surface area contributed by atoms with Gasteiger partial charge in [0.05, 0.1) is 10.7 Å². The molecule has 1 aromatic rings. The zero-order valence-corrected chi connectivity index (χ0v) is 11.0. The van der Waals surface area contributed by atoms with E-state index >= 15 is 0 Å². The number of hydrogen-bond donors (Lipinski definition) is 0. The van der Waals surface area contributed by atoms with E-state index in [1.165, 1.54) is 31.4 Å². The molecule has 1 aromatic carbocycles. The molecule has 0 N–H and O–H groups in total. The highest BCUT2D eigenvalue weighted by atomic mass is 79.9. The quantitative estimate of drug-likeness (QED) is 0.736. The molecular formula is C12H15BrClN. The van der Waals surface area contributed by atoms with Gasteiger partial charge in [-0.1, -0.05) is 40.4 Å². The van der Waals surface area contributed by atoms with Gasteiger partial charge in [0, 0.05) is 17.6 Å². The molecule has 82 valence electrons. The van der Waals surface area contributed by atoms with Crippen LogP contribution >= 0.6 is 27.5 Å². The van der Waals surface area contributed by atoms with Crippen LogP contribution in [0.4, 0.5) is 5.69 Å². The van der Waals surface area contributed by atoms with Gasteiger partial charge in [-0.15, -0.1) is 0 Å². The van der Waals surface area contributed by atoms with Crippen LogP contribution in [-0.2, 0) is 0 Å². The summed E-state index contributed by atoms with van der Waals surface area (Å²) in [5.74, 6) is 0. The number of anilines is 1. The van der Waals surface area contributed by atoms with Gasteiger partial charge in [0.2, 0.25) is 0 Å². The Labute approximate surface area is 105 Å². The molecule has 1 fully saturated rings. The van der Waals surface area contributed by atoms with Gasteiger partial charge in [-0.25, -0.2) is 0 Å². The van der Waals surface area contributed by atoms with Gasteiger partial charge in [0.15, 0.2) is 0 Å². The van der Waals surface area contributed by atoms with Crippen LogP contribution in [0.15, 0.2) is 22.7 Å². The van der Waals surface area contributed by atoms with Crippen molar-refractivity contribution in [1.82, 2.24) is 0 Å². The van der Waals surface area contributed by atoms with E-state index < -0.39 is 0 Å². The minimum Gasteiger partial charge on any atom is -0.370 e. The number of rotatable bonds is 1. The number of nitrogens with zero attached hydrogens (tertiary/aromatic N) is 1. The Bertz CT molecular complexity index is 332. The highest BCUT2D eigenvalue weighted by Gasteiger charge is 2.12. The molecule has 0 bridgehead atoms. The van der Waals surface area contributed by atoms with Crippen LogP contribution in [0.1, 0.15) is 25.7 Å². The predicted octanol–water partition coefficient (Wildman–Crippen LogP) is 4.48. The van der Waals surface area contributed by atoms with Crippen molar-refractivity contribution in [2.45, 2.75) is 25.7 Å². The van der Waals surface area contributed by atoms with Gasteiger partial charge in [-0.3, -0.25) is 0 Å². The van der Waals surface area contributed by atoms with Gasteiger partial charge in [0.1, 0.15) is 0 Å². The second kappa shape index (κ2) is 5.22. The molecule has 1 aliphatic heterocycles. The molecular weight excluding hydrogens is 273 g/mol. The second-order valence-corrected chi connectivity index (χ2v) is 5.32. The first kappa shape index (κ1) is 11.3. The molecule has 15 heavy (non-hydrogen) atoms. The van der Waals surface area contributed by atoms with Gasteiger partial charge < -0.3 is 4.90 Å². The van der Waals surface area contributed by atoms with E-state index in [1.807, 2.05) is 6.07 Å². The molecule has 0 radical (unpaired) electrons. The first-order valence-electron chi connectivity index (χ1n) is 5.47. The largest absolute Gasteiger partial charge is 0.370 e. The molecule has 0 amide bonds. The minimum atomic E-state index is 0.853. The molecule has 0 saturated carbocycles. The number of hydrogen-bond acceptors (Lipinski definition) is 1. The van der Waals surface area contributed by atoms with E-state index in [0.29, 0.717) is 0 Å². The maximum Gasteiger partial charge on any atom is 0.0650 e. The Morgan fingerprint density at radius 1 is 1.07 bits per heavy atom. The van der Waals surface area contributed by atoms with Gasteiger partial charge >= 0.3 is 0 Å². The van der Waals surface area contributed by atoms with Crippen molar-refractivity contribution in [1.29, 1.82) is 0 Å². The summed E-state index contributed by atoms with van der Waals surface area (Å²) in [4.78, 5) is 2.40.